The molecule has 0 fully saturated rings. The molecule has 3 N–H and O–H groups in total. The van der Waals surface area contributed by atoms with Gasteiger partial charge in [-0.2, -0.15) is 5.10 Å². The zero-order valence-electron chi connectivity index (χ0n) is 11.6. The number of halogens is 1. The molecule has 0 aliphatic heterocycles. The Morgan fingerprint density at radius 1 is 1.35 bits per heavy atom. The zero-order valence-corrected chi connectivity index (χ0v) is 13.2. The van der Waals surface area contributed by atoms with Gasteiger partial charge in [0.25, 0.3) is 0 Å². The molecular formula is C14H19BrN4O. The van der Waals surface area contributed by atoms with E-state index in [1.807, 2.05) is 35.9 Å². The third kappa shape index (κ3) is 3.03. The largest absolute Gasteiger partial charge is 0.494 e. The lowest BCUT2D eigenvalue weighted by Gasteiger charge is -2.19. The summed E-state index contributed by atoms with van der Waals surface area (Å²) in [4.78, 5) is 0. The van der Waals surface area contributed by atoms with Crippen molar-refractivity contribution in [2.45, 2.75) is 26.4 Å². The van der Waals surface area contributed by atoms with E-state index >= 15 is 0 Å². The standard InChI is InChI=1S/C14H19BrN4O/c1-3-19-14(12(15)9-17-19)13(18-16)10-5-7-11(8-6-10)20-4-2/h5-9,13,18H,3-4,16H2,1-2H3. The molecule has 0 saturated heterocycles. The van der Waals surface area contributed by atoms with Gasteiger partial charge in [0.15, 0.2) is 0 Å². The van der Waals surface area contributed by atoms with Crippen LogP contribution in [0.3, 0.4) is 0 Å². The van der Waals surface area contributed by atoms with Crippen molar-refractivity contribution in [2.24, 2.45) is 5.84 Å². The lowest BCUT2D eigenvalue weighted by Crippen LogP contribution is -2.31. The number of nitrogens with two attached hydrogens (primary N) is 1. The Labute approximate surface area is 127 Å². The van der Waals surface area contributed by atoms with E-state index in [4.69, 9.17) is 10.6 Å². The summed E-state index contributed by atoms with van der Waals surface area (Å²) in [7, 11) is 0. The summed E-state index contributed by atoms with van der Waals surface area (Å²) in [5.41, 5.74) is 4.93. The van der Waals surface area contributed by atoms with Crippen LogP contribution in [0.2, 0.25) is 0 Å². The maximum absolute atomic E-state index is 5.74. The number of ether oxygens (including phenoxy) is 1. The summed E-state index contributed by atoms with van der Waals surface area (Å²) < 4.78 is 8.32. The minimum Gasteiger partial charge on any atom is -0.494 e. The Balaban J connectivity index is 2.34. The van der Waals surface area contributed by atoms with Gasteiger partial charge in [0.2, 0.25) is 0 Å². The van der Waals surface area contributed by atoms with Gasteiger partial charge < -0.3 is 4.74 Å². The number of nitrogens with one attached hydrogen (secondary N) is 1. The molecule has 20 heavy (non-hydrogen) atoms. The van der Waals surface area contributed by atoms with E-state index in [9.17, 15) is 0 Å². The van der Waals surface area contributed by atoms with Crippen LogP contribution in [0.15, 0.2) is 34.9 Å². The van der Waals surface area contributed by atoms with Gasteiger partial charge in [0, 0.05) is 6.54 Å². The van der Waals surface area contributed by atoms with Crippen LogP contribution in [-0.4, -0.2) is 16.4 Å². The highest BCUT2D eigenvalue weighted by Crippen LogP contribution is 2.29. The smallest absolute Gasteiger partial charge is 0.119 e. The Bertz CT molecular complexity index is 553. The fraction of sp³-hybridized carbons (Fsp3) is 0.357. The highest BCUT2D eigenvalue weighted by molar-refractivity contribution is 9.10. The maximum Gasteiger partial charge on any atom is 0.119 e. The molecule has 1 heterocycles. The molecule has 1 aromatic carbocycles. The van der Waals surface area contributed by atoms with E-state index in [0.717, 1.165) is 28.0 Å². The van der Waals surface area contributed by atoms with Crippen LogP contribution in [-0.2, 0) is 6.54 Å². The van der Waals surface area contributed by atoms with Crippen molar-refractivity contribution in [3.63, 3.8) is 0 Å². The van der Waals surface area contributed by atoms with Crippen LogP contribution in [0.4, 0.5) is 0 Å². The Morgan fingerprint density at radius 2 is 2.05 bits per heavy atom. The summed E-state index contributed by atoms with van der Waals surface area (Å²) in [6.45, 7) is 5.46. The van der Waals surface area contributed by atoms with Crippen LogP contribution < -0.4 is 16.0 Å². The number of hydrazine groups is 1. The molecule has 0 aliphatic carbocycles. The molecule has 0 bridgehead atoms. The molecule has 2 rings (SSSR count). The maximum atomic E-state index is 5.74. The van der Waals surface area contributed by atoms with Crippen molar-refractivity contribution in [3.05, 3.63) is 46.2 Å². The van der Waals surface area contributed by atoms with Crippen molar-refractivity contribution in [3.8, 4) is 5.75 Å². The number of aryl methyl sites for hydroxylation is 1. The summed E-state index contributed by atoms with van der Waals surface area (Å²) in [5.74, 6) is 6.60. The molecule has 1 atom stereocenters. The average Bonchev–Trinajstić information content (AvgIpc) is 2.83. The number of aromatic nitrogens is 2. The fourth-order valence-corrected chi connectivity index (χ4v) is 2.69. The SMILES string of the molecule is CCOc1ccc(C(NN)c2c(Br)cnn2CC)cc1. The first kappa shape index (κ1) is 15.0. The number of hydrogen-bond acceptors (Lipinski definition) is 4. The number of rotatable bonds is 6. The molecule has 0 amide bonds. The minimum absolute atomic E-state index is 0.123. The Kier molecular flexibility index (Phi) is 5.17. The summed E-state index contributed by atoms with van der Waals surface area (Å²) in [6.07, 6.45) is 1.79. The highest BCUT2D eigenvalue weighted by Gasteiger charge is 2.20. The molecule has 6 heteroatoms. The van der Waals surface area contributed by atoms with E-state index < -0.39 is 0 Å². The van der Waals surface area contributed by atoms with Crippen LogP contribution in [0.5, 0.6) is 5.75 Å². The number of nitrogens with zero attached hydrogens (tertiary/aromatic N) is 2. The van der Waals surface area contributed by atoms with Crippen LogP contribution in [0, 0.1) is 0 Å². The van der Waals surface area contributed by atoms with Crippen molar-refractivity contribution in [2.75, 3.05) is 6.61 Å². The Morgan fingerprint density at radius 3 is 2.60 bits per heavy atom. The van der Waals surface area contributed by atoms with E-state index in [1.54, 1.807) is 6.20 Å². The molecule has 2 aromatic rings. The first-order valence-electron chi connectivity index (χ1n) is 6.61. The molecule has 0 saturated carbocycles. The lowest BCUT2D eigenvalue weighted by molar-refractivity contribution is 0.340. The molecule has 1 unspecified atom stereocenters. The van der Waals surface area contributed by atoms with Crippen LogP contribution in [0.25, 0.3) is 0 Å². The zero-order chi connectivity index (χ0) is 14.5. The highest BCUT2D eigenvalue weighted by atomic mass is 79.9. The molecule has 108 valence electrons. The van der Waals surface area contributed by atoms with Crippen molar-refractivity contribution >= 4 is 15.9 Å². The lowest BCUT2D eigenvalue weighted by atomic mass is 10.0. The summed E-state index contributed by atoms with van der Waals surface area (Å²) in [5, 5.41) is 4.33. The summed E-state index contributed by atoms with van der Waals surface area (Å²) in [6, 6.07) is 7.79. The van der Waals surface area contributed by atoms with Crippen LogP contribution >= 0.6 is 15.9 Å². The molecule has 1 aromatic heterocycles. The molecule has 0 radical (unpaired) electrons. The monoisotopic (exact) mass is 338 g/mol. The van der Waals surface area contributed by atoms with Crippen molar-refractivity contribution < 1.29 is 4.74 Å². The normalized spacial score (nSPS) is 12.4. The van der Waals surface area contributed by atoms with E-state index in [0.29, 0.717) is 6.61 Å². The van der Waals surface area contributed by atoms with Gasteiger partial charge in [-0.3, -0.25) is 10.5 Å². The third-order valence-electron chi connectivity index (χ3n) is 3.10. The second-order valence-corrected chi connectivity index (χ2v) is 5.15. The number of benzene rings is 1. The average molecular weight is 339 g/mol. The van der Waals surface area contributed by atoms with Gasteiger partial charge in [-0.15, -0.1) is 0 Å². The molecule has 0 aliphatic rings. The number of hydrogen-bond donors (Lipinski definition) is 2. The van der Waals surface area contributed by atoms with Gasteiger partial charge >= 0.3 is 0 Å². The molecular weight excluding hydrogens is 320 g/mol. The van der Waals surface area contributed by atoms with E-state index in [-0.39, 0.29) is 6.04 Å². The van der Waals surface area contributed by atoms with Crippen molar-refractivity contribution in [1.82, 2.24) is 15.2 Å². The molecule has 0 spiro atoms. The minimum atomic E-state index is -0.123. The van der Waals surface area contributed by atoms with E-state index in [2.05, 4.69) is 33.4 Å². The predicted octanol–water partition coefficient (Wildman–Crippen LogP) is 2.62. The predicted molar refractivity (Wildman–Crippen MR) is 82.4 cm³/mol. The topological polar surface area (TPSA) is 65.1 Å². The van der Waals surface area contributed by atoms with Gasteiger partial charge in [-0.1, -0.05) is 12.1 Å². The fourth-order valence-electron chi connectivity index (χ4n) is 2.17. The van der Waals surface area contributed by atoms with Crippen LogP contribution in [0.1, 0.15) is 31.1 Å². The van der Waals surface area contributed by atoms with Gasteiger partial charge in [-0.25, -0.2) is 5.43 Å². The second-order valence-electron chi connectivity index (χ2n) is 4.30. The quantitative estimate of drug-likeness (QED) is 0.627. The van der Waals surface area contributed by atoms with Gasteiger partial charge in [0.1, 0.15) is 5.75 Å². The third-order valence-corrected chi connectivity index (χ3v) is 3.71. The summed E-state index contributed by atoms with van der Waals surface area (Å²) >= 11 is 3.53. The van der Waals surface area contributed by atoms with Gasteiger partial charge in [0.05, 0.1) is 29.0 Å². The van der Waals surface area contributed by atoms with Gasteiger partial charge in [-0.05, 0) is 47.5 Å². The first-order chi connectivity index (χ1) is 9.71. The Hall–Kier alpha value is -1.37. The second kappa shape index (κ2) is 6.88. The first-order valence-corrected chi connectivity index (χ1v) is 7.40. The molecule has 5 nitrogen and oxygen atoms in total. The van der Waals surface area contributed by atoms with Crippen molar-refractivity contribution in [1.29, 1.82) is 0 Å². The van der Waals surface area contributed by atoms with E-state index in [1.165, 1.54) is 0 Å².